The van der Waals surface area contributed by atoms with Gasteiger partial charge in [-0.05, 0) is 54.7 Å². The molecule has 0 aliphatic carbocycles. The summed E-state index contributed by atoms with van der Waals surface area (Å²) in [5, 5.41) is 0. The van der Waals surface area contributed by atoms with Crippen LogP contribution in [0.1, 0.15) is 34.7 Å². The molecule has 8 heteroatoms. The van der Waals surface area contributed by atoms with Crippen LogP contribution in [0.15, 0.2) is 77.7 Å². The highest BCUT2D eigenvalue weighted by molar-refractivity contribution is 7.89. The Morgan fingerprint density at radius 1 is 0.889 bits per heavy atom. The van der Waals surface area contributed by atoms with Gasteiger partial charge in [0.15, 0.2) is 6.61 Å². The zero-order valence-electron chi connectivity index (χ0n) is 20.1. The van der Waals surface area contributed by atoms with Crippen molar-refractivity contribution in [3.63, 3.8) is 0 Å². The number of rotatable bonds is 6. The van der Waals surface area contributed by atoms with Crippen molar-refractivity contribution in [2.45, 2.75) is 37.1 Å². The fraction of sp³-hybridized carbons (Fsp3) is 0.286. The molecule has 0 aromatic heterocycles. The van der Waals surface area contributed by atoms with E-state index in [4.69, 9.17) is 4.74 Å². The summed E-state index contributed by atoms with van der Waals surface area (Å²) in [5.41, 5.74) is 4.69. The van der Waals surface area contributed by atoms with E-state index in [9.17, 15) is 18.0 Å². The minimum Gasteiger partial charge on any atom is -0.455 e. The largest absolute Gasteiger partial charge is 0.455 e. The molecule has 7 nitrogen and oxygen atoms in total. The normalized spacial score (nSPS) is 17.4. The van der Waals surface area contributed by atoms with E-state index in [1.54, 1.807) is 29.2 Å². The second-order valence-corrected chi connectivity index (χ2v) is 11.1. The van der Waals surface area contributed by atoms with Crippen LogP contribution in [0, 0.1) is 6.92 Å². The SMILES string of the molecule is Cc1ccc(S(=O)(=O)N2CCc3ccccc3C2CC(=O)OCC(=O)N2CCc3ccccc32)cc1. The van der Waals surface area contributed by atoms with Crippen LogP contribution in [0.3, 0.4) is 0 Å². The highest BCUT2D eigenvalue weighted by Crippen LogP contribution is 2.36. The van der Waals surface area contributed by atoms with Gasteiger partial charge in [0.05, 0.1) is 17.4 Å². The summed E-state index contributed by atoms with van der Waals surface area (Å²) in [6.45, 7) is 2.32. The first-order chi connectivity index (χ1) is 17.3. The molecule has 2 heterocycles. The lowest BCUT2D eigenvalue weighted by atomic mass is 9.92. The molecule has 3 aromatic rings. The fourth-order valence-corrected chi connectivity index (χ4v) is 6.61. The molecule has 36 heavy (non-hydrogen) atoms. The van der Waals surface area contributed by atoms with Gasteiger partial charge in [0.25, 0.3) is 5.91 Å². The zero-order chi connectivity index (χ0) is 25.3. The van der Waals surface area contributed by atoms with E-state index < -0.39 is 22.0 Å². The molecule has 0 saturated carbocycles. The number of para-hydroxylation sites is 1. The maximum absolute atomic E-state index is 13.6. The van der Waals surface area contributed by atoms with E-state index in [1.165, 1.54) is 4.31 Å². The summed E-state index contributed by atoms with van der Waals surface area (Å²) in [4.78, 5) is 27.5. The van der Waals surface area contributed by atoms with Gasteiger partial charge >= 0.3 is 5.97 Å². The first kappa shape index (κ1) is 24.2. The number of sulfonamides is 1. The number of amides is 1. The molecule has 0 fully saturated rings. The standard InChI is InChI=1S/C28H28N2O5S/c1-20-10-12-23(13-11-20)36(33,34)30-17-15-21-6-2-4-8-24(21)26(30)18-28(32)35-19-27(31)29-16-14-22-7-3-5-9-25(22)29/h2-13,26H,14-19H2,1H3. The van der Waals surface area contributed by atoms with Crippen LogP contribution in [0.25, 0.3) is 0 Å². The number of aryl methyl sites for hydroxylation is 1. The lowest BCUT2D eigenvalue weighted by molar-refractivity contribution is -0.148. The lowest BCUT2D eigenvalue weighted by Crippen LogP contribution is -2.41. The molecule has 1 atom stereocenters. The number of ether oxygens (including phenoxy) is 1. The van der Waals surface area contributed by atoms with Gasteiger partial charge in [-0.25, -0.2) is 8.42 Å². The maximum Gasteiger partial charge on any atom is 0.308 e. The van der Waals surface area contributed by atoms with Gasteiger partial charge in [0.1, 0.15) is 0 Å². The van der Waals surface area contributed by atoms with Crippen LogP contribution >= 0.6 is 0 Å². The average Bonchev–Trinajstić information content (AvgIpc) is 3.32. The van der Waals surface area contributed by atoms with Crippen molar-refractivity contribution in [1.82, 2.24) is 4.31 Å². The second kappa shape index (κ2) is 9.87. The van der Waals surface area contributed by atoms with Gasteiger partial charge in [-0.2, -0.15) is 4.31 Å². The monoisotopic (exact) mass is 504 g/mol. The number of hydrogen-bond donors (Lipinski definition) is 0. The minimum absolute atomic E-state index is 0.175. The summed E-state index contributed by atoms with van der Waals surface area (Å²) >= 11 is 0. The molecule has 0 bridgehead atoms. The molecule has 2 aliphatic rings. The number of anilines is 1. The van der Waals surface area contributed by atoms with Crippen molar-refractivity contribution >= 4 is 27.6 Å². The summed E-state index contributed by atoms with van der Waals surface area (Å²) in [6.07, 6.45) is 1.15. The maximum atomic E-state index is 13.6. The van der Waals surface area contributed by atoms with Crippen molar-refractivity contribution < 1.29 is 22.7 Å². The molecule has 2 aliphatic heterocycles. The van der Waals surface area contributed by atoms with E-state index in [-0.39, 0.29) is 30.4 Å². The van der Waals surface area contributed by atoms with Crippen LogP contribution < -0.4 is 4.90 Å². The molecule has 0 radical (unpaired) electrons. The summed E-state index contributed by atoms with van der Waals surface area (Å²) in [6, 6.07) is 21.2. The molecule has 5 rings (SSSR count). The number of carbonyl (C=O) groups is 2. The number of hydrogen-bond acceptors (Lipinski definition) is 5. The Balaban J connectivity index is 1.33. The molecular weight excluding hydrogens is 476 g/mol. The fourth-order valence-electron chi connectivity index (χ4n) is 5.01. The van der Waals surface area contributed by atoms with Crippen LogP contribution in [0.5, 0.6) is 0 Å². The van der Waals surface area contributed by atoms with Crippen molar-refractivity contribution in [3.8, 4) is 0 Å². The minimum atomic E-state index is -3.84. The average molecular weight is 505 g/mol. The summed E-state index contributed by atoms with van der Waals surface area (Å²) in [7, 11) is -3.84. The van der Waals surface area contributed by atoms with Gasteiger partial charge in [-0.15, -0.1) is 0 Å². The molecular formula is C28H28N2O5S. The van der Waals surface area contributed by atoms with Crippen molar-refractivity contribution in [1.29, 1.82) is 0 Å². The topological polar surface area (TPSA) is 84.0 Å². The Labute approximate surface area is 211 Å². The molecule has 186 valence electrons. The van der Waals surface area contributed by atoms with Crippen LogP contribution in [-0.2, 0) is 37.2 Å². The molecule has 1 unspecified atom stereocenters. The number of fused-ring (bicyclic) bond motifs is 2. The van der Waals surface area contributed by atoms with Crippen molar-refractivity contribution in [3.05, 3.63) is 95.1 Å². The van der Waals surface area contributed by atoms with Crippen LogP contribution in [0.2, 0.25) is 0 Å². The molecule has 3 aromatic carbocycles. The summed E-state index contributed by atoms with van der Waals surface area (Å²) < 4.78 is 33.9. The highest BCUT2D eigenvalue weighted by Gasteiger charge is 2.38. The Morgan fingerprint density at radius 2 is 1.56 bits per heavy atom. The predicted octanol–water partition coefficient (Wildman–Crippen LogP) is 3.81. The Kier molecular flexibility index (Phi) is 6.64. The second-order valence-electron chi connectivity index (χ2n) is 9.18. The molecule has 1 amide bonds. The van der Waals surface area contributed by atoms with Gasteiger partial charge in [-0.3, -0.25) is 9.59 Å². The number of esters is 1. The van der Waals surface area contributed by atoms with E-state index in [0.29, 0.717) is 13.0 Å². The smallest absolute Gasteiger partial charge is 0.308 e. The van der Waals surface area contributed by atoms with Crippen LogP contribution in [-0.4, -0.2) is 44.3 Å². The number of nitrogens with zero attached hydrogens (tertiary/aromatic N) is 2. The third kappa shape index (κ3) is 4.66. The first-order valence-corrected chi connectivity index (χ1v) is 13.5. The van der Waals surface area contributed by atoms with E-state index >= 15 is 0 Å². The van der Waals surface area contributed by atoms with Crippen molar-refractivity contribution in [2.75, 3.05) is 24.6 Å². The predicted molar refractivity (Wildman–Crippen MR) is 136 cm³/mol. The van der Waals surface area contributed by atoms with E-state index in [1.807, 2.05) is 55.5 Å². The Hall–Kier alpha value is -3.49. The van der Waals surface area contributed by atoms with Crippen LogP contribution in [0.4, 0.5) is 5.69 Å². The van der Waals surface area contributed by atoms with E-state index in [2.05, 4.69) is 0 Å². The highest BCUT2D eigenvalue weighted by atomic mass is 32.2. The third-order valence-electron chi connectivity index (χ3n) is 6.90. The quantitative estimate of drug-likeness (QED) is 0.477. The Bertz CT molecular complexity index is 1400. The molecule has 0 N–H and O–H groups in total. The number of benzene rings is 3. The van der Waals surface area contributed by atoms with Gasteiger partial charge < -0.3 is 9.64 Å². The first-order valence-electron chi connectivity index (χ1n) is 12.0. The van der Waals surface area contributed by atoms with Gasteiger partial charge in [-0.1, -0.05) is 60.2 Å². The van der Waals surface area contributed by atoms with E-state index in [0.717, 1.165) is 34.4 Å². The molecule has 0 saturated heterocycles. The molecule has 0 spiro atoms. The zero-order valence-corrected chi connectivity index (χ0v) is 20.9. The van der Waals surface area contributed by atoms with Gasteiger partial charge in [0.2, 0.25) is 10.0 Å². The third-order valence-corrected chi connectivity index (χ3v) is 8.82. The van der Waals surface area contributed by atoms with Gasteiger partial charge in [0, 0.05) is 18.8 Å². The van der Waals surface area contributed by atoms with Crippen molar-refractivity contribution in [2.24, 2.45) is 0 Å². The number of carbonyl (C=O) groups excluding carboxylic acids is 2. The summed E-state index contributed by atoms with van der Waals surface area (Å²) in [5.74, 6) is -0.900. The lowest BCUT2D eigenvalue weighted by Gasteiger charge is -2.36. The Morgan fingerprint density at radius 3 is 2.33 bits per heavy atom.